The van der Waals surface area contributed by atoms with E-state index in [1.165, 1.54) is 29.8 Å². The van der Waals surface area contributed by atoms with Crippen LogP contribution in [0.4, 0.5) is 0 Å². The summed E-state index contributed by atoms with van der Waals surface area (Å²) in [6.07, 6.45) is 0. The largest absolute Gasteiger partial charge is 0.301 e. The van der Waals surface area contributed by atoms with Gasteiger partial charge in [0.15, 0.2) is 0 Å². The highest BCUT2D eigenvalue weighted by molar-refractivity contribution is 6.21. The molecule has 2 rings (SSSR count). The van der Waals surface area contributed by atoms with Crippen LogP contribution in [0.15, 0.2) is 18.2 Å². The normalized spacial score (nSPS) is 19.6. The van der Waals surface area contributed by atoms with Crippen molar-refractivity contribution in [3.63, 3.8) is 0 Å². The lowest BCUT2D eigenvalue weighted by Gasteiger charge is -2.35. The molecule has 1 aliphatic heterocycles. The van der Waals surface area contributed by atoms with Crippen molar-refractivity contribution in [3.05, 3.63) is 34.9 Å². The Bertz CT molecular complexity index is 411. The van der Waals surface area contributed by atoms with Crippen LogP contribution < -0.4 is 0 Å². The number of hydrogen-bond acceptors (Lipinski definition) is 2. The second kappa shape index (κ2) is 6.74. The van der Waals surface area contributed by atoms with Crippen LogP contribution in [-0.2, 0) is 0 Å². The number of benzene rings is 1. The number of likely N-dealkylation sites (N-methyl/N-ethyl adjacent to an activating group) is 1. The van der Waals surface area contributed by atoms with Gasteiger partial charge in [0.1, 0.15) is 0 Å². The summed E-state index contributed by atoms with van der Waals surface area (Å²) in [4.78, 5) is 4.99. The van der Waals surface area contributed by atoms with Gasteiger partial charge in [-0.25, -0.2) is 0 Å². The minimum absolute atomic E-state index is 0.105. The molecule has 0 spiro atoms. The molecule has 0 amide bonds. The summed E-state index contributed by atoms with van der Waals surface area (Å²) in [6.45, 7) is 13.3. The molecular weight excluding hydrogens is 256 g/mol. The standard InChI is InChI=1S/C16H25ClN2/c1-4-18-7-9-19(10-8-18)12-16(17)15-6-5-13(2)11-14(15)3/h5-6,11,16H,4,7-10,12H2,1-3H3. The molecule has 0 radical (unpaired) electrons. The smallest absolute Gasteiger partial charge is 0.0714 e. The molecule has 2 nitrogen and oxygen atoms in total. The molecule has 1 aliphatic rings. The molecule has 19 heavy (non-hydrogen) atoms. The van der Waals surface area contributed by atoms with E-state index < -0.39 is 0 Å². The van der Waals surface area contributed by atoms with E-state index in [0.717, 1.165) is 26.2 Å². The molecule has 1 aromatic rings. The molecule has 1 aromatic carbocycles. The van der Waals surface area contributed by atoms with E-state index in [2.05, 4.69) is 48.8 Å². The molecule has 106 valence electrons. The molecule has 0 N–H and O–H groups in total. The van der Waals surface area contributed by atoms with Crippen LogP contribution in [0.3, 0.4) is 0 Å². The SMILES string of the molecule is CCN1CCN(CC(Cl)c2ccc(C)cc2C)CC1. The van der Waals surface area contributed by atoms with Crippen LogP contribution in [-0.4, -0.2) is 49.1 Å². The average Bonchev–Trinajstić information content (AvgIpc) is 2.39. The van der Waals surface area contributed by atoms with Crippen molar-refractivity contribution in [2.24, 2.45) is 0 Å². The molecule has 1 saturated heterocycles. The van der Waals surface area contributed by atoms with E-state index in [9.17, 15) is 0 Å². The zero-order valence-electron chi connectivity index (χ0n) is 12.3. The van der Waals surface area contributed by atoms with Gasteiger partial charge in [0.25, 0.3) is 0 Å². The predicted octanol–water partition coefficient (Wildman–Crippen LogP) is 3.22. The Kier molecular flexibility index (Phi) is 5.26. The summed E-state index contributed by atoms with van der Waals surface area (Å²) >= 11 is 6.61. The molecule has 1 atom stereocenters. The van der Waals surface area contributed by atoms with Gasteiger partial charge in [-0.3, -0.25) is 4.90 Å². The first-order valence-electron chi connectivity index (χ1n) is 7.26. The van der Waals surface area contributed by atoms with Crippen LogP contribution in [0.25, 0.3) is 0 Å². The van der Waals surface area contributed by atoms with Crippen LogP contribution >= 0.6 is 11.6 Å². The van der Waals surface area contributed by atoms with Crippen molar-refractivity contribution in [2.75, 3.05) is 39.3 Å². The van der Waals surface area contributed by atoms with E-state index in [1.807, 2.05) is 0 Å². The highest BCUT2D eigenvalue weighted by atomic mass is 35.5. The maximum Gasteiger partial charge on any atom is 0.0714 e. The van der Waals surface area contributed by atoms with Crippen molar-refractivity contribution < 1.29 is 0 Å². The molecule has 0 aromatic heterocycles. The number of piperazine rings is 1. The first-order chi connectivity index (χ1) is 9.10. The van der Waals surface area contributed by atoms with Crippen molar-refractivity contribution in [3.8, 4) is 0 Å². The Morgan fingerprint density at radius 3 is 2.32 bits per heavy atom. The summed E-state index contributed by atoms with van der Waals surface area (Å²) in [6, 6.07) is 6.57. The minimum atomic E-state index is 0.105. The van der Waals surface area contributed by atoms with Gasteiger partial charge in [-0.15, -0.1) is 11.6 Å². The van der Waals surface area contributed by atoms with Crippen LogP contribution in [0.1, 0.15) is 29.0 Å². The first kappa shape index (κ1) is 14.8. The van der Waals surface area contributed by atoms with Crippen LogP contribution in [0.5, 0.6) is 0 Å². The van der Waals surface area contributed by atoms with Crippen LogP contribution in [0, 0.1) is 13.8 Å². The third-order valence-electron chi connectivity index (χ3n) is 4.09. The van der Waals surface area contributed by atoms with Crippen molar-refractivity contribution in [1.29, 1.82) is 0 Å². The van der Waals surface area contributed by atoms with Crippen molar-refractivity contribution >= 4 is 11.6 Å². The lowest BCUT2D eigenvalue weighted by atomic mass is 10.0. The maximum absolute atomic E-state index is 6.61. The molecule has 1 heterocycles. The van der Waals surface area contributed by atoms with Gasteiger partial charge >= 0.3 is 0 Å². The molecule has 1 fully saturated rings. The lowest BCUT2D eigenvalue weighted by molar-refractivity contribution is 0.137. The fourth-order valence-corrected chi connectivity index (χ4v) is 3.23. The quantitative estimate of drug-likeness (QED) is 0.782. The van der Waals surface area contributed by atoms with Gasteiger partial charge in [0, 0.05) is 32.7 Å². The maximum atomic E-state index is 6.61. The van der Waals surface area contributed by atoms with E-state index in [-0.39, 0.29) is 5.38 Å². The molecule has 0 bridgehead atoms. The first-order valence-corrected chi connectivity index (χ1v) is 7.69. The third kappa shape index (κ3) is 3.95. The topological polar surface area (TPSA) is 6.48 Å². The fraction of sp³-hybridized carbons (Fsp3) is 0.625. The highest BCUT2D eigenvalue weighted by Gasteiger charge is 2.19. The molecule has 0 aliphatic carbocycles. The summed E-state index contributed by atoms with van der Waals surface area (Å²) in [5, 5.41) is 0.105. The molecule has 0 saturated carbocycles. The Morgan fingerprint density at radius 1 is 1.11 bits per heavy atom. The summed E-state index contributed by atoms with van der Waals surface area (Å²) < 4.78 is 0. The van der Waals surface area contributed by atoms with Gasteiger partial charge in [-0.05, 0) is 31.5 Å². The van der Waals surface area contributed by atoms with Crippen molar-refractivity contribution in [1.82, 2.24) is 9.80 Å². The number of rotatable bonds is 4. The highest BCUT2D eigenvalue weighted by Crippen LogP contribution is 2.26. The molecule has 3 heteroatoms. The number of halogens is 1. The van der Waals surface area contributed by atoms with Crippen LogP contribution in [0.2, 0.25) is 0 Å². The van der Waals surface area contributed by atoms with Crippen molar-refractivity contribution in [2.45, 2.75) is 26.1 Å². The molecule has 1 unspecified atom stereocenters. The van der Waals surface area contributed by atoms with E-state index in [1.54, 1.807) is 0 Å². The zero-order valence-corrected chi connectivity index (χ0v) is 13.1. The van der Waals surface area contributed by atoms with Gasteiger partial charge in [-0.1, -0.05) is 30.7 Å². The monoisotopic (exact) mass is 280 g/mol. The lowest BCUT2D eigenvalue weighted by Crippen LogP contribution is -2.46. The Morgan fingerprint density at radius 2 is 1.74 bits per heavy atom. The Balaban J connectivity index is 1.92. The summed E-state index contributed by atoms with van der Waals surface area (Å²) in [5.74, 6) is 0. The minimum Gasteiger partial charge on any atom is -0.301 e. The number of aryl methyl sites for hydroxylation is 2. The average molecular weight is 281 g/mol. The second-order valence-corrected chi connectivity index (χ2v) is 6.09. The number of hydrogen-bond donors (Lipinski definition) is 0. The van der Waals surface area contributed by atoms with E-state index >= 15 is 0 Å². The van der Waals surface area contributed by atoms with E-state index in [0.29, 0.717) is 0 Å². The van der Waals surface area contributed by atoms with Gasteiger partial charge in [-0.2, -0.15) is 0 Å². The predicted molar refractivity (Wildman–Crippen MR) is 83.1 cm³/mol. The van der Waals surface area contributed by atoms with Gasteiger partial charge in [0.2, 0.25) is 0 Å². The Hall–Kier alpha value is -0.570. The zero-order chi connectivity index (χ0) is 13.8. The van der Waals surface area contributed by atoms with Gasteiger partial charge < -0.3 is 4.90 Å². The van der Waals surface area contributed by atoms with Gasteiger partial charge in [0.05, 0.1) is 5.38 Å². The fourth-order valence-electron chi connectivity index (χ4n) is 2.79. The second-order valence-electron chi connectivity index (χ2n) is 5.56. The molecular formula is C16H25ClN2. The summed E-state index contributed by atoms with van der Waals surface area (Å²) in [5.41, 5.74) is 3.90. The summed E-state index contributed by atoms with van der Waals surface area (Å²) in [7, 11) is 0. The van der Waals surface area contributed by atoms with E-state index in [4.69, 9.17) is 11.6 Å². The third-order valence-corrected chi connectivity index (χ3v) is 4.47. The Labute approximate surface area is 122 Å². The number of nitrogens with zero attached hydrogens (tertiary/aromatic N) is 2. The number of alkyl halides is 1.